The van der Waals surface area contributed by atoms with Crippen molar-refractivity contribution >= 4 is 34.9 Å². The number of fused-ring (bicyclic) bond motifs is 4. The molecule has 4 atom stereocenters. The SMILES string of the molecule is CCOc1ccc(N2C(=O)NC(=O)[C@]3(Cc4cc([N+](=O)[O-])ccc4N4C[C@@H](C)O[C@@H](C)[C@@H]43)C2=O)cc1. The second-order valence-corrected chi connectivity index (χ2v) is 9.29. The predicted molar refractivity (Wildman–Crippen MR) is 129 cm³/mol. The van der Waals surface area contributed by atoms with Crippen molar-refractivity contribution in [2.75, 3.05) is 23.0 Å². The number of barbiturate groups is 1. The number of urea groups is 1. The molecular formula is C25H26N4O7. The van der Waals surface area contributed by atoms with Gasteiger partial charge in [0.25, 0.3) is 11.6 Å². The van der Waals surface area contributed by atoms with E-state index in [2.05, 4.69) is 5.32 Å². The number of morpholine rings is 1. The maximum absolute atomic E-state index is 14.2. The van der Waals surface area contributed by atoms with Gasteiger partial charge in [0.1, 0.15) is 5.75 Å². The number of benzene rings is 2. The van der Waals surface area contributed by atoms with Crippen LogP contribution in [0.1, 0.15) is 26.3 Å². The molecule has 188 valence electrons. The summed E-state index contributed by atoms with van der Waals surface area (Å²) in [7, 11) is 0. The number of anilines is 2. The lowest BCUT2D eigenvalue weighted by Crippen LogP contribution is -2.76. The highest BCUT2D eigenvalue weighted by atomic mass is 16.6. The summed E-state index contributed by atoms with van der Waals surface area (Å²) in [6, 6.07) is 9.32. The molecule has 2 aromatic carbocycles. The zero-order valence-electron chi connectivity index (χ0n) is 20.1. The molecule has 0 radical (unpaired) electrons. The minimum absolute atomic E-state index is 0.112. The number of rotatable bonds is 4. The van der Waals surface area contributed by atoms with Crippen molar-refractivity contribution in [3.63, 3.8) is 0 Å². The molecule has 2 aromatic rings. The first-order chi connectivity index (χ1) is 17.2. The summed E-state index contributed by atoms with van der Waals surface area (Å²) >= 11 is 0. The van der Waals surface area contributed by atoms with Crippen molar-refractivity contribution < 1.29 is 28.8 Å². The molecule has 0 aliphatic carbocycles. The van der Waals surface area contributed by atoms with Crippen LogP contribution in [0.5, 0.6) is 5.75 Å². The van der Waals surface area contributed by atoms with E-state index < -0.39 is 40.3 Å². The average molecular weight is 495 g/mol. The number of carbonyl (C=O) groups is 3. The van der Waals surface area contributed by atoms with E-state index in [1.54, 1.807) is 37.3 Å². The molecular weight excluding hydrogens is 468 g/mol. The van der Waals surface area contributed by atoms with Crippen molar-refractivity contribution in [2.24, 2.45) is 5.41 Å². The number of ether oxygens (including phenoxy) is 2. The van der Waals surface area contributed by atoms with Gasteiger partial charge in [0.05, 0.1) is 35.5 Å². The van der Waals surface area contributed by atoms with Gasteiger partial charge in [-0.15, -0.1) is 0 Å². The molecule has 1 spiro atoms. The Hall–Kier alpha value is -3.99. The number of nitro benzene ring substituents is 1. The number of amides is 4. The number of carbonyl (C=O) groups excluding carboxylic acids is 3. The van der Waals surface area contributed by atoms with Crippen LogP contribution in [0.15, 0.2) is 42.5 Å². The van der Waals surface area contributed by atoms with Gasteiger partial charge in [-0.25, -0.2) is 9.69 Å². The van der Waals surface area contributed by atoms with E-state index in [1.807, 2.05) is 18.7 Å². The second-order valence-electron chi connectivity index (χ2n) is 9.29. The Morgan fingerprint density at radius 2 is 1.89 bits per heavy atom. The quantitative estimate of drug-likeness (QED) is 0.390. The second kappa shape index (κ2) is 8.59. The Balaban J connectivity index is 1.65. The number of non-ortho nitro benzene ring substituents is 1. The normalized spacial score (nSPS) is 27.4. The fourth-order valence-electron chi connectivity index (χ4n) is 5.72. The Morgan fingerprint density at radius 3 is 2.56 bits per heavy atom. The fourth-order valence-corrected chi connectivity index (χ4v) is 5.72. The fraction of sp³-hybridized carbons (Fsp3) is 0.400. The zero-order valence-corrected chi connectivity index (χ0v) is 20.1. The highest BCUT2D eigenvalue weighted by Gasteiger charge is 2.65. The van der Waals surface area contributed by atoms with Gasteiger partial charge in [0, 0.05) is 30.8 Å². The Labute approximate surface area is 207 Å². The molecule has 0 saturated carbocycles. The van der Waals surface area contributed by atoms with Crippen molar-refractivity contribution in [1.82, 2.24) is 5.32 Å². The number of nitrogens with zero attached hydrogens (tertiary/aromatic N) is 3. The van der Waals surface area contributed by atoms with Crippen LogP contribution in [0.25, 0.3) is 0 Å². The van der Waals surface area contributed by atoms with Crippen LogP contribution < -0.4 is 19.9 Å². The maximum atomic E-state index is 14.2. The molecule has 3 aliphatic heterocycles. The predicted octanol–water partition coefficient (Wildman–Crippen LogP) is 2.80. The van der Waals surface area contributed by atoms with Crippen molar-refractivity contribution in [3.8, 4) is 5.75 Å². The maximum Gasteiger partial charge on any atom is 0.335 e. The van der Waals surface area contributed by atoms with E-state index >= 15 is 0 Å². The molecule has 3 heterocycles. The van der Waals surface area contributed by atoms with E-state index in [4.69, 9.17) is 9.47 Å². The summed E-state index contributed by atoms with van der Waals surface area (Å²) in [6.45, 7) is 6.36. The molecule has 4 amide bonds. The number of imide groups is 2. The summed E-state index contributed by atoms with van der Waals surface area (Å²) in [6.07, 6.45) is -0.860. The third-order valence-corrected chi connectivity index (χ3v) is 7.06. The standard InChI is InChI=1S/C25H26N4O7/c1-4-35-19-8-5-17(6-9-19)28-23(31)25(22(30)26-24(28)32)12-16-11-18(29(33)34)7-10-20(16)27-13-14(2)36-15(3)21(25)27/h5-11,14-15,21H,4,12-13H2,1-3H3,(H,26,30,32)/t14-,15+,21-,25-/m1/s1. The lowest BCUT2D eigenvalue weighted by Gasteiger charge is -2.56. The van der Waals surface area contributed by atoms with Crippen LogP contribution in [-0.2, 0) is 20.7 Å². The molecule has 1 N–H and O–H groups in total. The van der Waals surface area contributed by atoms with Gasteiger partial charge in [0.2, 0.25) is 5.91 Å². The van der Waals surface area contributed by atoms with Crippen molar-refractivity contribution in [2.45, 2.75) is 45.4 Å². The number of nitro groups is 1. The zero-order chi connectivity index (χ0) is 25.8. The third-order valence-electron chi connectivity index (χ3n) is 7.06. The Kier molecular flexibility index (Phi) is 5.67. The molecule has 0 bridgehead atoms. The average Bonchev–Trinajstić information content (AvgIpc) is 2.83. The molecule has 2 fully saturated rings. The molecule has 2 saturated heterocycles. The van der Waals surface area contributed by atoms with Crippen LogP contribution >= 0.6 is 0 Å². The monoisotopic (exact) mass is 494 g/mol. The van der Waals surface area contributed by atoms with E-state index in [1.165, 1.54) is 12.1 Å². The first kappa shape index (κ1) is 23.7. The molecule has 36 heavy (non-hydrogen) atoms. The van der Waals surface area contributed by atoms with Gasteiger partial charge in [-0.2, -0.15) is 0 Å². The Morgan fingerprint density at radius 1 is 1.17 bits per heavy atom. The van der Waals surface area contributed by atoms with E-state index in [0.717, 1.165) is 4.90 Å². The lowest BCUT2D eigenvalue weighted by molar-refractivity contribution is -0.384. The smallest absolute Gasteiger partial charge is 0.335 e. The molecule has 3 aliphatic rings. The van der Waals surface area contributed by atoms with Crippen LogP contribution in [0.4, 0.5) is 21.9 Å². The topological polar surface area (TPSA) is 131 Å². The van der Waals surface area contributed by atoms with Crippen molar-refractivity contribution in [1.29, 1.82) is 0 Å². The highest BCUT2D eigenvalue weighted by Crippen LogP contribution is 2.49. The van der Waals surface area contributed by atoms with E-state index in [9.17, 15) is 24.5 Å². The third kappa shape index (κ3) is 3.49. The van der Waals surface area contributed by atoms with Crippen molar-refractivity contribution in [3.05, 3.63) is 58.1 Å². The lowest BCUT2D eigenvalue weighted by atomic mass is 9.66. The molecule has 11 nitrogen and oxygen atoms in total. The molecule has 5 rings (SSSR count). The number of nitrogens with one attached hydrogen (secondary N) is 1. The summed E-state index contributed by atoms with van der Waals surface area (Å²) in [4.78, 5) is 54.6. The first-order valence-corrected chi connectivity index (χ1v) is 11.8. The van der Waals surface area contributed by atoms with E-state index in [-0.39, 0.29) is 23.9 Å². The number of hydrogen-bond acceptors (Lipinski definition) is 8. The van der Waals surface area contributed by atoms with Crippen LogP contribution in [0.3, 0.4) is 0 Å². The van der Waals surface area contributed by atoms with Gasteiger partial charge in [-0.1, -0.05) is 0 Å². The molecule has 11 heteroatoms. The van der Waals surface area contributed by atoms with Gasteiger partial charge in [-0.3, -0.25) is 25.0 Å². The minimum Gasteiger partial charge on any atom is -0.494 e. The number of hydrogen-bond donors (Lipinski definition) is 1. The molecule has 0 aromatic heterocycles. The summed E-state index contributed by atoms with van der Waals surface area (Å²) in [5.41, 5.74) is -0.398. The van der Waals surface area contributed by atoms with Gasteiger partial charge in [0.15, 0.2) is 5.41 Å². The first-order valence-electron chi connectivity index (χ1n) is 11.8. The van der Waals surface area contributed by atoms with Crippen LogP contribution in [0.2, 0.25) is 0 Å². The van der Waals surface area contributed by atoms with Gasteiger partial charge in [-0.05, 0) is 56.7 Å². The van der Waals surface area contributed by atoms with Gasteiger partial charge < -0.3 is 14.4 Å². The minimum atomic E-state index is -1.74. The van der Waals surface area contributed by atoms with E-state index in [0.29, 0.717) is 30.2 Å². The summed E-state index contributed by atoms with van der Waals surface area (Å²) in [5.74, 6) is -0.861. The largest absolute Gasteiger partial charge is 0.494 e. The van der Waals surface area contributed by atoms with Crippen LogP contribution in [-0.4, -0.2) is 54.2 Å². The molecule has 0 unspecified atom stereocenters. The van der Waals surface area contributed by atoms with Gasteiger partial charge >= 0.3 is 6.03 Å². The highest BCUT2D eigenvalue weighted by molar-refractivity contribution is 6.30. The summed E-state index contributed by atoms with van der Waals surface area (Å²) < 4.78 is 11.5. The Bertz CT molecular complexity index is 1260. The summed E-state index contributed by atoms with van der Waals surface area (Å²) in [5, 5.41) is 13.9. The van der Waals surface area contributed by atoms with Crippen LogP contribution in [0, 0.1) is 15.5 Å².